The predicted octanol–water partition coefficient (Wildman–Crippen LogP) is 8.81. The molecule has 5 fully saturated rings. The van der Waals surface area contributed by atoms with Crippen LogP contribution in [0, 0.1) is 51.2 Å². The molecule has 1 heterocycles. The number of hydrogen-bond acceptors (Lipinski definition) is 4. The number of carbonyl (C=O) groups is 2. The minimum absolute atomic E-state index is 0.00544. The molecular weight excluding hydrogens is 635 g/mol. The fraction of sp³-hybridized carbons (Fsp3) is 0.727. The molecule has 2 amide bonds. The third-order valence-corrected chi connectivity index (χ3v) is 16.5. The molecule has 4 saturated carbocycles. The molecule has 0 spiro atoms. The van der Waals surface area contributed by atoms with E-state index < -0.39 is 5.97 Å². The van der Waals surface area contributed by atoms with Crippen molar-refractivity contribution in [1.29, 1.82) is 0 Å². The fourth-order valence-corrected chi connectivity index (χ4v) is 13.9. The highest BCUT2D eigenvalue weighted by atomic mass is 16.5. The van der Waals surface area contributed by atoms with Crippen LogP contribution in [0.4, 0.5) is 4.79 Å². The number of allylic oxidation sites excluding steroid dienone is 3. The van der Waals surface area contributed by atoms with Gasteiger partial charge >= 0.3 is 12.0 Å². The van der Waals surface area contributed by atoms with Gasteiger partial charge in [-0.25, -0.2) is 9.59 Å². The first-order chi connectivity index (χ1) is 24.2. The molecule has 7 rings (SSSR count). The number of rotatable bonds is 8. The Bertz CT molecular complexity index is 1550. The van der Waals surface area contributed by atoms with Gasteiger partial charge in [-0.05, 0) is 152 Å². The largest absolute Gasteiger partial charge is 0.478 e. The Hall–Kier alpha value is -2.64. The fourth-order valence-electron chi connectivity index (χ4n) is 13.9. The van der Waals surface area contributed by atoms with Crippen LogP contribution in [-0.2, 0) is 4.74 Å². The number of morpholine rings is 1. The zero-order valence-electron chi connectivity index (χ0n) is 32.4. The van der Waals surface area contributed by atoms with Crippen molar-refractivity contribution >= 4 is 17.6 Å². The Morgan fingerprint density at radius 3 is 2.33 bits per heavy atom. The van der Waals surface area contributed by atoms with Gasteiger partial charge in [-0.1, -0.05) is 65.0 Å². The standard InChI is InChI=1S/C44H65N3O4/c1-29(2)32-15-20-44(46-39(50)45-23-8-24-47-25-27-51-28-26-47)22-21-42(6)34(37(32)44)13-14-36-41(5)18-16-33(30-9-11-31(12-10-30)38(48)49)40(3,4)35(41)17-19-43(36,42)7/h9-12,16,32,34-37H,1,8,13-15,17-28H2,2-7H3,(H,48,49)(H2,45,46,50). The van der Waals surface area contributed by atoms with E-state index in [1.807, 2.05) is 12.1 Å². The Kier molecular flexibility index (Phi) is 9.60. The molecule has 0 radical (unpaired) electrons. The average Bonchev–Trinajstić information content (AvgIpc) is 3.47. The lowest BCUT2D eigenvalue weighted by molar-refractivity contribution is -0.218. The minimum Gasteiger partial charge on any atom is -0.478 e. The molecule has 280 valence electrons. The third-order valence-electron chi connectivity index (χ3n) is 16.5. The zero-order valence-corrected chi connectivity index (χ0v) is 32.4. The van der Waals surface area contributed by atoms with Crippen molar-refractivity contribution in [3.8, 4) is 0 Å². The summed E-state index contributed by atoms with van der Waals surface area (Å²) in [6.07, 6.45) is 13.9. The lowest BCUT2D eigenvalue weighted by atomic mass is 9.33. The highest BCUT2D eigenvalue weighted by Crippen LogP contribution is 2.76. The number of hydrogen-bond donors (Lipinski definition) is 3. The van der Waals surface area contributed by atoms with Crippen LogP contribution in [0.5, 0.6) is 0 Å². The van der Waals surface area contributed by atoms with E-state index in [2.05, 4.69) is 69.7 Å². The lowest BCUT2D eigenvalue weighted by Crippen LogP contribution is -2.68. The summed E-state index contributed by atoms with van der Waals surface area (Å²) in [6.45, 7) is 24.9. The average molecular weight is 700 g/mol. The van der Waals surface area contributed by atoms with Crippen LogP contribution in [0.1, 0.15) is 122 Å². The molecule has 6 aliphatic rings. The number of urea groups is 1. The van der Waals surface area contributed by atoms with Crippen LogP contribution >= 0.6 is 0 Å². The maximum atomic E-state index is 13.6. The quantitative estimate of drug-likeness (QED) is 0.186. The number of amides is 2. The number of carboxylic acid groups (broad SMARTS) is 1. The number of benzene rings is 1. The normalized spacial score (nSPS) is 40.1. The second-order valence-corrected chi connectivity index (χ2v) is 19.0. The molecule has 1 aliphatic heterocycles. The Morgan fingerprint density at radius 2 is 1.65 bits per heavy atom. The Labute approximate surface area is 307 Å². The van der Waals surface area contributed by atoms with Gasteiger partial charge in [-0.3, -0.25) is 4.90 Å². The van der Waals surface area contributed by atoms with Gasteiger partial charge in [0.25, 0.3) is 0 Å². The van der Waals surface area contributed by atoms with Crippen molar-refractivity contribution in [3.05, 3.63) is 53.6 Å². The number of carboxylic acids is 1. The first-order valence-corrected chi connectivity index (χ1v) is 20.2. The van der Waals surface area contributed by atoms with E-state index in [-0.39, 0.29) is 33.2 Å². The molecule has 1 aromatic carbocycles. The first kappa shape index (κ1) is 36.7. The lowest BCUT2D eigenvalue weighted by Gasteiger charge is -2.72. The molecule has 1 aromatic rings. The highest BCUT2D eigenvalue weighted by molar-refractivity contribution is 5.88. The summed E-state index contributed by atoms with van der Waals surface area (Å²) in [4.78, 5) is 27.6. The van der Waals surface area contributed by atoms with Crippen LogP contribution in [0.25, 0.3) is 5.57 Å². The second-order valence-electron chi connectivity index (χ2n) is 19.0. The molecule has 0 bridgehead atoms. The van der Waals surface area contributed by atoms with E-state index in [9.17, 15) is 14.7 Å². The molecule has 7 nitrogen and oxygen atoms in total. The van der Waals surface area contributed by atoms with Crippen LogP contribution in [-0.4, -0.2) is 66.9 Å². The van der Waals surface area contributed by atoms with E-state index in [1.54, 1.807) is 12.1 Å². The molecule has 5 aliphatic carbocycles. The van der Waals surface area contributed by atoms with Crippen molar-refractivity contribution in [2.75, 3.05) is 39.4 Å². The van der Waals surface area contributed by atoms with Crippen molar-refractivity contribution in [3.63, 3.8) is 0 Å². The second kappa shape index (κ2) is 13.3. The molecule has 9 unspecified atom stereocenters. The van der Waals surface area contributed by atoms with Gasteiger partial charge in [0.2, 0.25) is 0 Å². The van der Waals surface area contributed by atoms with E-state index in [0.29, 0.717) is 41.7 Å². The number of carbonyl (C=O) groups excluding carboxylic acids is 1. The van der Waals surface area contributed by atoms with Crippen molar-refractivity contribution in [2.45, 2.75) is 111 Å². The summed E-state index contributed by atoms with van der Waals surface area (Å²) in [5, 5.41) is 16.4. The molecule has 3 N–H and O–H groups in total. The van der Waals surface area contributed by atoms with Crippen molar-refractivity contribution < 1.29 is 19.4 Å². The van der Waals surface area contributed by atoms with E-state index in [4.69, 9.17) is 4.74 Å². The Morgan fingerprint density at radius 1 is 0.922 bits per heavy atom. The number of aromatic carboxylic acids is 1. The highest BCUT2D eigenvalue weighted by Gasteiger charge is 2.70. The summed E-state index contributed by atoms with van der Waals surface area (Å²) in [5.41, 5.74) is 4.65. The van der Waals surface area contributed by atoms with Gasteiger partial charge < -0.3 is 20.5 Å². The maximum absolute atomic E-state index is 13.6. The summed E-state index contributed by atoms with van der Waals surface area (Å²) in [6, 6.07) is 7.58. The molecule has 7 heteroatoms. The van der Waals surface area contributed by atoms with E-state index in [0.717, 1.165) is 65.0 Å². The smallest absolute Gasteiger partial charge is 0.335 e. The van der Waals surface area contributed by atoms with Gasteiger partial charge in [-0.15, -0.1) is 0 Å². The first-order valence-electron chi connectivity index (χ1n) is 20.2. The van der Waals surface area contributed by atoms with Gasteiger partial charge in [-0.2, -0.15) is 0 Å². The minimum atomic E-state index is -0.872. The molecule has 1 saturated heterocycles. The summed E-state index contributed by atoms with van der Waals surface area (Å²) in [7, 11) is 0. The van der Waals surface area contributed by atoms with Crippen LogP contribution in [0.2, 0.25) is 0 Å². The molecule has 0 aromatic heterocycles. The summed E-state index contributed by atoms with van der Waals surface area (Å²) < 4.78 is 5.49. The topological polar surface area (TPSA) is 90.9 Å². The third kappa shape index (κ3) is 5.91. The van der Waals surface area contributed by atoms with E-state index in [1.165, 1.54) is 48.8 Å². The van der Waals surface area contributed by atoms with Crippen LogP contribution in [0.3, 0.4) is 0 Å². The van der Waals surface area contributed by atoms with Crippen LogP contribution < -0.4 is 10.6 Å². The zero-order chi connectivity index (χ0) is 36.4. The van der Waals surface area contributed by atoms with Gasteiger partial charge in [0.1, 0.15) is 0 Å². The summed E-state index contributed by atoms with van der Waals surface area (Å²) in [5.74, 6) is 1.77. The van der Waals surface area contributed by atoms with Gasteiger partial charge in [0, 0.05) is 25.2 Å². The molecule has 51 heavy (non-hydrogen) atoms. The van der Waals surface area contributed by atoms with Gasteiger partial charge in [0.15, 0.2) is 0 Å². The summed E-state index contributed by atoms with van der Waals surface area (Å²) >= 11 is 0. The number of nitrogens with one attached hydrogen (secondary N) is 2. The predicted molar refractivity (Wildman–Crippen MR) is 204 cm³/mol. The van der Waals surface area contributed by atoms with Crippen LogP contribution in [0.15, 0.2) is 42.5 Å². The number of nitrogens with zero attached hydrogens (tertiary/aromatic N) is 1. The SMILES string of the molecule is C=C(C)C1CCC2(NC(=O)NCCCN3CCOCC3)CCC3(C)C(CCC4C5(C)CC=C(c6ccc(C(=O)O)cc6)C(C)(C)C5CCC43C)C12. The van der Waals surface area contributed by atoms with Crippen molar-refractivity contribution in [2.24, 2.45) is 51.2 Å². The monoisotopic (exact) mass is 699 g/mol. The Balaban J connectivity index is 1.11. The molecule has 9 atom stereocenters. The van der Waals surface area contributed by atoms with Gasteiger partial charge in [0.05, 0.1) is 18.8 Å². The molecular formula is C44H65N3O4. The maximum Gasteiger partial charge on any atom is 0.335 e. The number of ether oxygens (including phenoxy) is 1. The van der Waals surface area contributed by atoms with E-state index >= 15 is 0 Å². The number of fused-ring (bicyclic) bond motifs is 7. The van der Waals surface area contributed by atoms with Crippen molar-refractivity contribution in [1.82, 2.24) is 15.5 Å².